The Kier molecular flexibility index (Phi) is 8.73. The number of pyridine rings is 1. The lowest BCUT2D eigenvalue weighted by Crippen LogP contribution is -2.45. The van der Waals surface area contributed by atoms with Crippen molar-refractivity contribution in [3.63, 3.8) is 0 Å². The van der Waals surface area contributed by atoms with E-state index in [0.717, 1.165) is 55.7 Å². The largest absolute Gasteiger partial charge is 0.496 e. The number of nitrogens with zero attached hydrogens (tertiary/aromatic N) is 3. The number of aryl methyl sites for hydroxylation is 1. The predicted molar refractivity (Wildman–Crippen MR) is 131 cm³/mol. The minimum absolute atomic E-state index is 0.221. The Balaban J connectivity index is 1.56. The molecule has 32 heavy (non-hydrogen) atoms. The van der Waals surface area contributed by atoms with Gasteiger partial charge in [-0.3, -0.25) is 0 Å². The number of morpholine rings is 1. The van der Waals surface area contributed by atoms with Crippen LogP contribution in [0, 0.1) is 6.92 Å². The summed E-state index contributed by atoms with van der Waals surface area (Å²) in [5.74, 6) is 2.73. The number of rotatable bonds is 8. The maximum atomic E-state index is 5.82. The van der Waals surface area contributed by atoms with E-state index >= 15 is 0 Å². The first-order valence-corrected chi connectivity index (χ1v) is 11.5. The lowest BCUT2D eigenvalue weighted by molar-refractivity contribution is -0.00545. The molecule has 2 unspecified atom stereocenters. The van der Waals surface area contributed by atoms with E-state index in [9.17, 15) is 0 Å². The summed E-state index contributed by atoms with van der Waals surface area (Å²) in [5.41, 5.74) is 3.52. The maximum absolute atomic E-state index is 5.82. The van der Waals surface area contributed by atoms with Crippen molar-refractivity contribution in [3.8, 4) is 5.75 Å². The van der Waals surface area contributed by atoms with Gasteiger partial charge in [0.15, 0.2) is 5.96 Å². The highest BCUT2D eigenvalue weighted by Gasteiger charge is 2.22. The van der Waals surface area contributed by atoms with Crippen molar-refractivity contribution in [2.45, 2.75) is 52.9 Å². The Labute approximate surface area is 192 Å². The molecule has 2 aromatic rings. The zero-order valence-electron chi connectivity index (χ0n) is 20.0. The highest BCUT2D eigenvalue weighted by atomic mass is 16.5. The molecule has 1 fully saturated rings. The van der Waals surface area contributed by atoms with Crippen molar-refractivity contribution >= 4 is 11.8 Å². The average molecular weight is 440 g/mol. The van der Waals surface area contributed by atoms with Crippen LogP contribution < -0.4 is 20.3 Å². The molecule has 1 saturated heterocycles. The molecule has 7 heteroatoms. The third-order valence-electron chi connectivity index (χ3n) is 5.44. The van der Waals surface area contributed by atoms with Crippen LogP contribution in [-0.4, -0.2) is 56.4 Å². The molecule has 1 aromatic carbocycles. The Morgan fingerprint density at radius 1 is 1.19 bits per heavy atom. The van der Waals surface area contributed by atoms with Crippen LogP contribution in [0.1, 0.15) is 37.5 Å². The van der Waals surface area contributed by atoms with E-state index in [2.05, 4.69) is 72.5 Å². The second-order valence-electron chi connectivity index (χ2n) is 8.37. The lowest BCUT2D eigenvalue weighted by atomic mass is 10.1. The van der Waals surface area contributed by atoms with Crippen molar-refractivity contribution in [2.75, 3.05) is 38.2 Å². The SMILES string of the molecule is CCNC(=NCc1ccc(N2CC(C)OC(C)C2)nc1)NCCc1cc(C)ccc1OC. The van der Waals surface area contributed by atoms with Crippen LogP contribution in [-0.2, 0) is 17.7 Å². The van der Waals surface area contributed by atoms with E-state index in [1.54, 1.807) is 7.11 Å². The third-order valence-corrected chi connectivity index (χ3v) is 5.44. The molecule has 3 rings (SSSR count). The topological polar surface area (TPSA) is 71.0 Å². The lowest BCUT2D eigenvalue weighted by Gasteiger charge is -2.36. The van der Waals surface area contributed by atoms with Gasteiger partial charge in [-0.1, -0.05) is 23.8 Å². The molecule has 0 bridgehead atoms. The van der Waals surface area contributed by atoms with Crippen LogP contribution in [0.5, 0.6) is 5.75 Å². The molecule has 0 saturated carbocycles. The number of guanidine groups is 1. The highest BCUT2D eigenvalue weighted by molar-refractivity contribution is 5.79. The Morgan fingerprint density at radius 2 is 1.97 bits per heavy atom. The number of ether oxygens (including phenoxy) is 2. The van der Waals surface area contributed by atoms with Gasteiger partial charge in [0, 0.05) is 32.4 Å². The Bertz CT molecular complexity index is 874. The first-order chi connectivity index (χ1) is 15.5. The van der Waals surface area contributed by atoms with Gasteiger partial charge in [-0.2, -0.15) is 0 Å². The van der Waals surface area contributed by atoms with Crippen molar-refractivity contribution in [3.05, 3.63) is 53.2 Å². The molecule has 7 nitrogen and oxygen atoms in total. The summed E-state index contributed by atoms with van der Waals surface area (Å²) < 4.78 is 11.3. The predicted octanol–water partition coefficient (Wildman–Crippen LogP) is 3.31. The van der Waals surface area contributed by atoms with Crippen LogP contribution in [0.25, 0.3) is 0 Å². The number of hydrogen-bond acceptors (Lipinski definition) is 5. The van der Waals surface area contributed by atoms with Crippen LogP contribution in [0.4, 0.5) is 5.82 Å². The molecule has 1 aliphatic heterocycles. The number of aromatic nitrogens is 1. The molecule has 2 heterocycles. The van der Waals surface area contributed by atoms with E-state index in [4.69, 9.17) is 14.5 Å². The van der Waals surface area contributed by atoms with Crippen LogP contribution in [0.15, 0.2) is 41.5 Å². The van der Waals surface area contributed by atoms with Gasteiger partial charge in [0.1, 0.15) is 11.6 Å². The summed E-state index contributed by atoms with van der Waals surface area (Å²) in [7, 11) is 1.71. The first kappa shape index (κ1) is 23.9. The van der Waals surface area contributed by atoms with E-state index in [1.165, 1.54) is 11.1 Å². The molecule has 2 atom stereocenters. The minimum Gasteiger partial charge on any atom is -0.496 e. The third kappa shape index (κ3) is 6.85. The molecule has 1 aromatic heterocycles. The Hall–Kier alpha value is -2.80. The Morgan fingerprint density at radius 3 is 2.62 bits per heavy atom. The first-order valence-electron chi connectivity index (χ1n) is 11.5. The fourth-order valence-electron chi connectivity index (χ4n) is 3.99. The molecular weight excluding hydrogens is 402 g/mol. The molecule has 1 aliphatic rings. The second kappa shape index (κ2) is 11.7. The van der Waals surface area contributed by atoms with Crippen molar-refractivity contribution in [2.24, 2.45) is 4.99 Å². The maximum Gasteiger partial charge on any atom is 0.191 e. The van der Waals surface area contributed by atoms with Gasteiger partial charge < -0.3 is 25.0 Å². The molecule has 174 valence electrons. The smallest absolute Gasteiger partial charge is 0.191 e. The molecule has 0 radical (unpaired) electrons. The standard InChI is InChI=1S/C25H37N5O2/c1-6-26-25(27-12-11-22-13-18(2)7-9-23(22)31-5)29-15-21-8-10-24(28-14-21)30-16-19(3)32-20(4)17-30/h7-10,13-14,19-20H,6,11-12,15-17H2,1-5H3,(H2,26,27,29). The summed E-state index contributed by atoms with van der Waals surface area (Å²) in [6, 6.07) is 10.5. The van der Waals surface area contributed by atoms with E-state index < -0.39 is 0 Å². The average Bonchev–Trinajstić information content (AvgIpc) is 2.77. The van der Waals surface area contributed by atoms with E-state index in [-0.39, 0.29) is 12.2 Å². The van der Waals surface area contributed by atoms with Gasteiger partial charge in [0.2, 0.25) is 0 Å². The number of nitrogens with one attached hydrogen (secondary N) is 2. The van der Waals surface area contributed by atoms with E-state index in [0.29, 0.717) is 6.54 Å². The molecular formula is C25H37N5O2. The van der Waals surface area contributed by atoms with Gasteiger partial charge in [-0.05, 0) is 57.4 Å². The summed E-state index contributed by atoms with van der Waals surface area (Å²) in [6.45, 7) is 12.3. The van der Waals surface area contributed by atoms with Crippen LogP contribution >= 0.6 is 0 Å². The van der Waals surface area contributed by atoms with Crippen molar-refractivity contribution in [1.29, 1.82) is 0 Å². The van der Waals surface area contributed by atoms with Gasteiger partial charge in [0.25, 0.3) is 0 Å². The zero-order chi connectivity index (χ0) is 22.9. The molecule has 0 amide bonds. The van der Waals surface area contributed by atoms with E-state index in [1.807, 2.05) is 12.3 Å². The van der Waals surface area contributed by atoms with Crippen LogP contribution in [0.3, 0.4) is 0 Å². The summed E-state index contributed by atoms with van der Waals surface area (Å²) in [6.07, 6.45) is 3.23. The van der Waals surface area contributed by atoms with Gasteiger partial charge >= 0.3 is 0 Å². The van der Waals surface area contributed by atoms with Gasteiger partial charge in [-0.25, -0.2) is 9.98 Å². The summed E-state index contributed by atoms with van der Waals surface area (Å²) in [4.78, 5) is 11.7. The monoisotopic (exact) mass is 439 g/mol. The number of hydrogen-bond donors (Lipinski definition) is 2. The van der Waals surface area contributed by atoms with Crippen molar-refractivity contribution in [1.82, 2.24) is 15.6 Å². The number of methoxy groups -OCH3 is 1. The minimum atomic E-state index is 0.221. The number of benzene rings is 1. The quantitative estimate of drug-likeness (QED) is 0.486. The number of anilines is 1. The number of aliphatic imine (C=N–C) groups is 1. The fourth-order valence-corrected chi connectivity index (χ4v) is 3.99. The highest BCUT2D eigenvalue weighted by Crippen LogP contribution is 2.20. The zero-order valence-corrected chi connectivity index (χ0v) is 20.0. The summed E-state index contributed by atoms with van der Waals surface area (Å²) in [5, 5.41) is 6.74. The fraction of sp³-hybridized carbons (Fsp3) is 0.520. The second-order valence-corrected chi connectivity index (χ2v) is 8.37. The molecule has 2 N–H and O–H groups in total. The summed E-state index contributed by atoms with van der Waals surface area (Å²) >= 11 is 0. The van der Waals surface area contributed by atoms with Gasteiger partial charge in [0.05, 0.1) is 25.9 Å². The van der Waals surface area contributed by atoms with Gasteiger partial charge in [-0.15, -0.1) is 0 Å². The van der Waals surface area contributed by atoms with Crippen LogP contribution in [0.2, 0.25) is 0 Å². The molecule has 0 aliphatic carbocycles. The molecule has 0 spiro atoms. The normalized spacial score (nSPS) is 19.0. The van der Waals surface area contributed by atoms with Crippen molar-refractivity contribution < 1.29 is 9.47 Å².